The smallest absolute Gasteiger partial charge is 0.0906 e. The first kappa shape index (κ1) is 10.0. The zero-order valence-corrected chi connectivity index (χ0v) is 7.05. The van der Waals surface area contributed by atoms with Gasteiger partial charge >= 0.3 is 0 Å². The fourth-order valence-electron chi connectivity index (χ4n) is 0.533. The molecule has 0 heterocycles. The second kappa shape index (κ2) is 7.15. The first-order valence-corrected chi connectivity index (χ1v) is 5.07. The first-order valence-electron chi connectivity index (χ1n) is 3.34. The molecule has 0 radical (unpaired) electrons. The first-order chi connectivity index (χ1) is 4.77. The molecule has 0 aliphatic carbocycles. The van der Waals surface area contributed by atoms with Crippen molar-refractivity contribution in [3.05, 3.63) is 0 Å². The van der Waals surface area contributed by atoms with Gasteiger partial charge in [0.15, 0.2) is 0 Å². The molecule has 0 bridgehead atoms. The van der Waals surface area contributed by atoms with Crippen LogP contribution in [0.4, 0.5) is 4.39 Å². The van der Waals surface area contributed by atoms with Crippen LogP contribution in [0, 0.1) is 0 Å². The molecule has 0 aliphatic heterocycles. The van der Waals surface area contributed by atoms with Gasteiger partial charge in [-0.15, -0.1) is 0 Å². The van der Waals surface area contributed by atoms with E-state index in [1.54, 1.807) is 6.26 Å². The molecule has 1 atom stereocenters. The normalized spacial score (nSPS) is 13.4. The van der Waals surface area contributed by atoms with E-state index in [4.69, 9.17) is 0 Å². The van der Waals surface area contributed by atoms with Crippen LogP contribution >= 0.6 is 0 Å². The van der Waals surface area contributed by atoms with Gasteiger partial charge in [0.1, 0.15) is 0 Å². The van der Waals surface area contributed by atoms with E-state index in [2.05, 4.69) is 5.32 Å². The van der Waals surface area contributed by atoms with E-state index in [-0.39, 0.29) is 6.67 Å². The highest BCUT2D eigenvalue weighted by molar-refractivity contribution is 7.84. The predicted molar refractivity (Wildman–Crippen MR) is 42.4 cm³/mol. The maximum atomic E-state index is 11.5. The lowest BCUT2D eigenvalue weighted by molar-refractivity contribution is 0.462. The average molecular weight is 167 g/mol. The Morgan fingerprint density at radius 2 is 2.20 bits per heavy atom. The van der Waals surface area contributed by atoms with Gasteiger partial charge < -0.3 is 5.32 Å². The highest BCUT2D eigenvalue weighted by atomic mass is 32.2. The Labute approximate surface area is 63.7 Å². The molecular weight excluding hydrogens is 153 g/mol. The van der Waals surface area contributed by atoms with Crippen LogP contribution in [-0.2, 0) is 10.8 Å². The number of nitrogens with one attached hydrogen (secondary N) is 1. The zero-order chi connectivity index (χ0) is 7.82. The minimum atomic E-state index is -0.727. The molecule has 0 aliphatic rings. The summed E-state index contributed by atoms with van der Waals surface area (Å²) in [5, 5.41) is 2.98. The van der Waals surface area contributed by atoms with Crippen molar-refractivity contribution >= 4 is 10.8 Å². The Kier molecular flexibility index (Phi) is 7.18. The molecule has 0 aromatic carbocycles. The fraction of sp³-hybridized carbons (Fsp3) is 1.00. The van der Waals surface area contributed by atoms with Gasteiger partial charge in [-0.05, 0) is 13.0 Å². The van der Waals surface area contributed by atoms with E-state index in [1.807, 2.05) is 0 Å². The monoisotopic (exact) mass is 167 g/mol. The van der Waals surface area contributed by atoms with E-state index in [0.29, 0.717) is 18.7 Å². The molecule has 0 amide bonds. The summed E-state index contributed by atoms with van der Waals surface area (Å²) in [6.45, 7) is 1.14. The Morgan fingerprint density at radius 1 is 1.50 bits per heavy atom. The number of halogens is 1. The summed E-state index contributed by atoms with van der Waals surface area (Å²) in [5.41, 5.74) is 0. The molecule has 0 spiro atoms. The van der Waals surface area contributed by atoms with Crippen LogP contribution in [0.15, 0.2) is 0 Å². The molecule has 0 aromatic heterocycles. The van der Waals surface area contributed by atoms with Gasteiger partial charge in [-0.25, -0.2) is 0 Å². The van der Waals surface area contributed by atoms with Crippen molar-refractivity contribution in [1.82, 2.24) is 5.32 Å². The Hall–Kier alpha value is 0.0400. The van der Waals surface area contributed by atoms with Crippen molar-refractivity contribution in [1.29, 1.82) is 0 Å². The van der Waals surface area contributed by atoms with E-state index in [9.17, 15) is 8.60 Å². The van der Waals surface area contributed by atoms with Crippen LogP contribution in [0.1, 0.15) is 6.42 Å². The summed E-state index contributed by atoms with van der Waals surface area (Å²) in [7, 11) is -0.727. The molecule has 4 heteroatoms. The molecule has 2 nitrogen and oxygen atoms in total. The van der Waals surface area contributed by atoms with Gasteiger partial charge in [-0.2, -0.15) is 0 Å². The standard InChI is InChI=1S/C6H14FNOS/c1-10(9)6-5-8-4-2-3-7/h8H,2-6H2,1H3. The molecule has 62 valence electrons. The Bertz CT molecular complexity index is 99.7. The maximum absolute atomic E-state index is 11.5. The van der Waals surface area contributed by atoms with Crippen LogP contribution in [0.2, 0.25) is 0 Å². The number of hydrogen-bond acceptors (Lipinski definition) is 2. The van der Waals surface area contributed by atoms with Crippen LogP contribution in [0.25, 0.3) is 0 Å². The summed E-state index contributed by atoms with van der Waals surface area (Å²) in [6.07, 6.45) is 2.22. The Morgan fingerprint density at radius 3 is 2.70 bits per heavy atom. The summed E-state index contributed by atoms with van der Waals surface area (Å²) < 4.78 is 22.0. The van der Waals surface area contributed by atoms with Gasteiger partial charge in [-0.3, -0.25) is 8.60 Å². The largest absolute Gasteiger partial charge is 0.316 e. The minimum Gasteiger partial charge on any atom is -0.316 e. The van der Waals surface area contributed by atoms with E-state index in [1.165, 1.54) is 0 Å². The number of hydrogen-bond donors (Lipinski definition) is 1. The Balaban J connectivity index is 2.84. The average Bonchev–Trinajstić information content (AvgIpc) is 1.87. The van der Waals surface area contributed by atoms with Crippen molar-refractivity contribution in [2.75, 3.05) is 31.8 Å². The third kappa shape index (κ3) is 8.04. The molecule has 0 aromatic rings. The second-order valence-corrected chi connectivity index (χ2v) is 3.62. The third-order valence-electron chi connectivity index (χ3n) is 1.05. The lowest BCUT2D eigenvalue weighted by Gasteiger charge is -1.99. The van der Waals surface area contributed by atoms with Crippen molar-refractivity contribution in [2.24, 2.45) is 0 Å². The third-order valence-corrected chi connectivity index (χ3v) is 1.83. The molecule has 10 heavy (non-hydrogen) atoms. The zero-order valence-electron chi connectivity index (χ0n) is 6.23. The quantitative estimate of drug-likeness (QED) is 0.577. The second-order valence-electron chi connectivity index (χ2n) is 2.07. The van der Waals surface area contributed by atoms with Crippen molar-refractivity contribution in [3.63, 3.8) is 0 Å². The summed E-state index contributed by atoms with van der Waals surface area (Å²) in [4.78, 5) is 0. The van der Waals surface area contributed by atoms with Gasteiger partial charge in [0.25, 0.3) is 0 Å². The molecule has 0 rings (SSSR count). The van der Waals surface area contributed by atoms with Crippen LogP contribution in [0.3, 0.4) is 0 Å². The highest BCUT2D eigenvalue weighted by Crippen LogP contribution is 1.77. The van der Waals surface area contributed by atoms with Gasteiger partial charge in [0, 0.05) is 29.4 Å². The fourth-order valence-corrected chi connectivity index (χ4v) is 0.965. The highest BCUT2D eigenvalue weighted by Gasteiger charge is 1.89. The van der Waals surface area contributed by atoms with Gasteiger partial charge in [-0.1, -0.05) is 0 Å². The van der Waals surface area contributed by atoms with Crippen molar-refractivity contribution in [3.8, 4) is 0 Å². The summed E-state index contributed by atoms with van der Waals surface area (Å²) in [6, 6.07) is 0. The summed E-state index contributed by atoms with van der Waals surface area (Å²) >= 11 is 0. The maximum Gasteiger partial charge on any atom is 0.0906 e. The van der Waals surface area contributed by atoms with E-state index in [0.717, 1.165) is 6.54 Å². The lowest BCUT2D eigenvalue weighted by Crippen LogP contribution is -2.21. The predicted octanol–water partition coefficient (Wildman–Crippen LogP) is 0.314. The van der Waals surface area contributed by atoms with Gasteiger partial charge in [0.05, 0.1) is 6.67 Å². The van der Waals surface area contributed by atoms with Crippen molar-refractivity contribution in [2.45, 2.75) is 6.42 Å². The minimum absolute atomic E-state index is 0.276. The van der Waals surface area contributed by atoms with E-state index < -0.39 is 10.8 Å². The van der Waals surface area contributed by atoms with Crippen LogP contribution in [-0.4, -0.2) is 36.0 Å². The molecule has 0 fully saturated rings. The van der Waals surface area contributed by atoms with Crippen LogP contribution < -0.4 is 5.32 Å². The topological polar surface area (TPSA) is 29.1 Å². The molecular formula is C6H14FNOS. The van der Waals surface area contributed by atoms with Crippen molar-refractivity contribution < 1.29 is 8.60 Å². The SMILES string of the molecule is CS(=O)CCNCCCF. The van der Waals surface area contributed by atoms with E-state index >= 15 is 0 Å². The molecule has 0 saturated heterocycles. The number of alkyl halides is 1. The molecule has 0 saturated carbocycles. The number of rotatable bonds is 6. The van der Waals surface area contributed by atoms with Crippen LogP contribution in [0.5, 0.6) is 0 Å². The molecule has 1 unspecified atom stereocenters. The van der Waals surface area contributed by atoms with Gasteiger partial charge in [0.2, 0.25) is 0 Å². The lowest BCUT2D eigenvalue weighted by atomic mass is 10.5. The molecule has 1 N–H and O–H groups in total. The summed E-state index contributed by atoms with van der Waals surface area (Å²) in [5.74, 6) is 0.659.